The van der Waals surface area contributed by atoms with Crippen LogP contribution in [0.15, 0.2) is 35.0 Å². The lowest BCUT2D eigenvalue weighted by Crippen LogP contribution is -2.48. The van der Waals surface area contributed by atoms with E-state index in [1.807, 2.05) is 37.2 Å². The molecule has 2 aliphatic heterocycles. The van der Waals surface area contributed by atoms with Crippen LogP contribution in [0.5, 0.6) is 0 Å². The Morgan fingerprint density at radius 3 is 2.61 bits per heavy atom. The molecule has 0 N–H and O–H groups in total. The molecule has 28 heavy (non-hydrogen) atoms. The molecule has 4 rings (SSSR count). The number of piperidine rings is 1. The zero-order valence-corrected chi connectivity index (χ0v) is 16.8. The van der Waals surface area contributed by atoms with E-state index in [0.717, 1.165) is 64.5 Å². The maximum atomic E-state index is 12.9. The van der Waals surface area contributed by atoms with Gasteiger partial charge in [-0.25, -0.2) is 0 Å². The van der Waals surface area contributed by atoms with Crippen LogP contribution in [0.4, 0.5) is 0 Å². The van der Waals surface area contributed by atoms with E-state index in [2.05, 4.69) is 22.0 Å². The topological polar surface area (TPSA) is 58.8 Å². The van der Waals surface area contributed by atoms with Gasteiger partial charge in [0, 0.05) is 50.5 Å². The number of nitrogens with zero attached hydrogens (tertiary/aromatic N) is 3. The van der Waals surface area contributed by atoms with E-state index in [1.165, 1.54) is 5.56 Å². The molecule has 1 spiro atoms. The average molecular weight is 383 g/mol. The Morgan fingerprint density at radius 1 is 1.18 bits per heavy atom. The van der Waals surface area contributed by atoms with Crippen LogP contribution in [0.3, 0.4) is 0 Å². The average Bonchev–Trinajstić information content (AvgIpc) is 2.91. The van der Waals surface area contributed by atoms with Gasteiger partial charge in [-0.3, -0.25) is 14.7 Å². The predicted molar refractivity (Wildman–Crippen MR) is 106 cm³/mol. The molecule has 0 unspecified atom stereocenters. The van der Waals surface area contributed by atoms with E-state index in [1.54, 1.807) is 0 Å². The maximum absolute atomic E-state index is 12.9. The third-order valence-corrected chi connectivity index (χ3v) is 6.06. The molecule has 2 saturated heterocycles. The number of aromatic nitrogens is 1. The standard InChI is InChI=1S/C22H29N3O3/c1-17-13-20(18(2)28-17)21(26)25-9-5-22(6-10-25)15-24(11-12-27-16-22)14-19-3-7-23-8-4-19/h3-4,7-8,13H,5-6,9-12,14-16H2,1-2H3. The van der Waals surface area contributed by atoms with E-state index in [-0.39, 0.29) is 11.3 Å². The summed E-state index contributed by atoms with van der Waals surface area (Å²) in [5.41, 5.74) is 2.11. The Balaban J connectivity index is 1.40. The van der Waals surface area contributed by atoms with Crippen LogP contribution in [0, 0.1) is 19.3 Å². The SMILES string of the molecule is Cc1cc(C(=O)N2CCC3(CC2)COCCN(Cc2ccncc2)C3)c(C)o1. The number of ether oxygens (including phenoxy) is 1. The molecule has 0 aliphatic carbocycles. The highest BCUT2D eigenvalue weighted by Gasteiger charge is 2.39. The molecule has 0 radical (unpaired) electrons. The van der Waals surface area contributed by atoms with E-state index in [9.17, 15) is 4.79 Å². The molecule has 2 fully saturated rings. The second kappa shape index (κ2) is 8.05. The molecule has 2 aromatic rings. The fraction of sp³-hybridized carbons (Fsp3) is 0.545. The molecule has 0 saturated carbocycles. The highest BCUT2D eigenvalue weighted by atomic mass is 16.5. The minimum Gasteiger partial charge on any atom is -0.466 e. The number of hydrogen-bond donors (Lipinski definition) is 0. The van der Waals surface area contributed by atoms with Gasteiger partial charge in [0.15, 0.2) is 0 Å². The number of aryl methyl sites for hydroxylation is 2. The second-order valence-corrected chi connectivity index (χ2v) is 8.24. The zero-order chi connectivity index (χ0) is 19.6. The van der Waals surface area contributed by atoms with Gasteiger partial charge < -0.3 is 14.1 Å². The van der Waals surface area contributed by atoms with Crippen molar-refractivity contribution in [2.24, 2.45) is 5.41 Å². The number of likely N-dealkylation sites (tertiary alicyclic amines) is 1. The molecule has 0 atom stereocenters. The summed E-state index contributed by atoms with van der Waals surface area (Å²) in [6, 6.07) is 6.01. The van der Waals surface area contributed by atoms with Crippen LogP contribution in [0.2, 0.25) is 0 Å². The lowest BCUT2D eigenvalue weighted by atomic mass is 9.78. The Labute approximate surface area is 166 Å². The van der Waals surface area contributed by atoms with Crippen molar-refractivity contribution in [3.63, 3.8) is 0 Å². The molecule has 6 nitrogen and oxygen atoms in total. The van der Waals surface area contributed by atoms with Crippen molar-refractivity contribution in [3.05, 3.63) is 53.2 Å². The van der Waals surface area contributed by atoms with E-state index in [0.29, 0.717) is 11.3 Å². The van der Waals surface area contributed by atoms with Crippen molar-refractivity contribution in [2.45, 2.75) is 33.2 Å². The third kappa shape index (κ3) is 4.13. The fourth-order valence-corrected chi connectivity index (χ4v) is 4.46. The van der Waals surface area contributed by atoms with Gasteiger partial charge in [-0.15, -0.1) is 0 Å². The number of amides is 1. The van der Waals surface area contributed by atoms with Crippen LogP contribution in [-0.2, 0) is 11.3 Å². The molecular formula is C22H29N3O3. The summed E-state index contributed by atoms with van der Waals surface area (Å²) in [6.45, 7) is 9.72. The molecule has 1 amide bonds. The molecule has 150 valence electrons. The first-order chi connectivity index (χ1) is 13.5. The van der Waals surface area contributed by atoms with Crippen molar-refractivity contribution in [3.8, 4) is 0 Å². The molecule has 2 aliphatic rings. The predicted octanol–water partition coefficient (Wildman–Crippen LogP) is 3.05. The first-order valence-corrected chi connectivity index (χ1v) is 10.1. The number of carbonyl (C=O) groups is 1. The summed E-state index contributed by atoms with van der Waals surface area (Å²) >= 11 is 0. The van der Waals surface area contributed by atoms with E-state index < -0.39 is 0 Å². The van der Waals surface area contributed by atoms with Gasteiger partial charge in [0.2, 0.25) is 0 Å². The van der Waals surface area contributed by atoms with Crippen molar-refractivity contribution >= 4 is 5.91 Å². The van der Waals surface area contributed by atoms with Crippen LogP contribution in [-0.4, -0.2) is 60.1 Å². The number of rotatable bonds is 3. The van der Waals surface area contributed by atoms with Gasteiger partial charge in [0.25, 0.3) is 5.91 Å². The number of furan rings is 1. The highest BCUT2D eigenvalue weighted by Crippen LogP contribution is 2.35. The van der Waals surface area contributed by atoms with Crippen molar-refractivity contribution < 1.29 is 13.9 Å². The van der Waals surface area contributed by atoms with E-state index in [4.69, 9.17) is 9.15 Å². The van der Waals surface area contributed by atoms with Gasteiger partial charge in [-0.05, 0) is 50.5 Å². The largest absolute Gasteiger partial charge is 0.466 e. The first kappa shape index (κ1) is 19.2. The number of carbonyl (C=O) groups excluding carboxylic acids is 1. The third-order valence-electron chi connectivity index (χ3n) is 6.06. The van der Waals surface area contributed by atoms with Gasteiger partial charge in [0.1, 0.15) is 11.5 Å². The summed E-state index contributed by atoms with van der Waals surface area (Å²) < 4.78 is 11.5. The molecule has 0 aromatic carbocycles. The van der Waals surface area contributed by atoms with Crippen LogP contribution in [0.1, 0.15) is 40.3 Å². The minimum atomic E-state index is 0.0902. The van der Waals surface area contributed by atoms with Crippen LogP contribution < -0.4 is 0 Å². The summed E-state index contributed by atoms with van der Waals surface area (Å²) in [5.74, 6) is 1.59. The Kier molecular flexibility index (Phi) is 5.51. The summed E-state index contributed by atoms with van der Waals surface area (Å²) in [7, 11) is 0. The van der Waals surface area contributed by atoms with Gasteiger partial charge in [0.05, 0.1) is 18.8 Å². The van der Waals surface area contributed by atoms with Crippen molar-refractivity contribution in [1.82, 2.24) is 14.8 Å². The normalized spacial score (nSPS) is 20.3. The number of hydrogen-bond acceptors (Lipinski definition) is 5. The van der Waals surface area contributed by atoms with Crippen molar-refractivity contribution in [2.75, 3.05) is 39.4 Å². The van der Waals surface area contributed by atoms with Gasteiger partial charge >= 0.3 is 0 Å². The molecule has 6 heteroatoms. The van der Waals surface area contributed by atoms with Crippen LogP contribution in [0.25, 0.3) is 0 Å². The monoisotopic (exact) mass is 383 g/mol. The summed E-state index contributed by atoms with van der Waals surface area (Å²) in [6.07, 6.45) is 5.65. The molecule has 2 aromatic heterocycles. The molecule has 4 heterocycles. The quantitative estimate of drug-likeness (QED) is 0.815. The van der Waals surface area contributed by atoms with Crippen LogP contribution >= 0.6 is 0 Å². The Morgan fingerprint density at radius 2 is 1.93 bits per heavy atom. The zero-order valence-electron chi connectivity index (χ0n) is 16.8. The highest BCUT2D eigenvalue weighted by molar-refractivity contribution is 5.95. The summed E-state index contributed by atoms with van der Waals surface area (Å²) in [5, 5.41) is 0. The number of pyridine rings is 1. The Bertz CT molecular complexity index is 810. The van der Waals surface area contributed by atoms with E-state index >= 15 is 0 Å². The second-order valence-electron chi connectivity index (χ2n) is 8.24. The lowest BCUT2D eigenvalue weighted by molar-refractivity contribution is 0.0144. The molecule has 0 bridgehead atoms. The lowest BCUT2D eigenvalue weighted by Gasteiger charge is -2.42. The summed E-state index contributed by atoms with van der Waals surface area (Å²) in [4.78, 5) is 21.5. The maximum Gasteiger partial charge on any atom is 0.257 e. The minimum absolute atomic E-state index is 0.0902. The first-order valence-electron chi connectivity index (χ1n) is 10.1. The molecular weight excluding hydrogens is 354 g/mol. The van der Waals surface area contributed by atoms with Gasteiger partial charge in [-0.1, -0.05) is 0 Å². The fourth-order valence-electron chi connectivity index (χ4n) is 4.46. The van der Waals surface area contributed by atoms with Crippen molar-refractivity contribution in [1.29, 1.82) is 0 Å². The smallest absolute Gasteiger partial charge is 0.257 e. The van der Waals surface area contributed by atoms with Gasteiger partial charge in [-0.2, -0.15) is 0 Å². The Hall–Kier alpha value is -2.18.